The van der Waals surface area contributed by atoms with Gasteiger partial charge in [0.25, 0.3) is 11.7 Å². The number of carbonyl (C=O) groups is 2. The minimum Gasteiger partial charge on any atom is -0.507 e. The average molecular weight is 490 g/mol. The number of sulfonamides is 1. The second-order valence-electron chi connectivity index (χ2n) is 8.52. The van der Waals surface area contributed by atoms with E-state index < -0.39 is 39.3 Å². The van der Waals surface area contributed by atoms with E-state index in [9.17, 15) is 27.5 Å². The molecule has 1 amide bonds. The summed E-state index contributed by atoms with van der Waals surface area (Å²) < 4.78 is 39.7. The van der Waals surface area contributed by atoms with Gasteiger partial charge in [-0.05, 0) is 56.9 Å². The van der Waals surface area contributed by atoms with Crippen molar-refractivity contribution in [2.75, 3.05) is 41.3 Å². The highest BCUT2D eigenvalue weighted by Gasteiger charge is 2.45. The Morgan fingerprint density at radius 1 is 1.06 bits per heavy atom. The molecule has 8 nitrogen and oxygen atoms in total. The van der Waals surface area contributed by atoms with Crippen molar-refractivity contribution in [3.8, 4) is 0 Å². The zero-order valence-electron chi connectivity index (χ0n) is 19.5. The van der Waals surface area contributed by atoms with Crippen LogP contribution in [0.5, 0.6) is 0 Å². The second kappa shape index (κ2) is 10.0. The van der Waals surface area contributed by atoms with Crippen LogP contribution in [0.2, 0.25) is 0 Å². The van der Waals surface area contributed by atoms with Gasteiger partial charge in [0.2, 0.25) is 10.0 Å². The minimum atomic E-state index is -3.79. The molecule has 1 fully saturated rings. The average Bonchev–Trinajstić information content (AvgIpc) is 3.04. The van der Waals surface area contributed by atoms with Crippen LogP contribution in [0.25, 0.3) is 5.76 Å². The van der Waals surface area contributed by atoms with Gasteiger partial charge < -0.3 is 14.9 Å². The van der Waals surface area contributed by atoms with E-state index in [1.165, 1.54) is 67.5 Å². The van der Waals surface area contributed by atoms with Crippen LogP contribution < -0.4 is 0 Å². The summed E-state index contributed by atoms with van der Waals surface area (Å²) in [6.07, 6.45) is 0.578. The molecule has 0 bridgehead atoms. The fraction of sp³-hybridized carbons (Fsp3) is 0.333. The normalized spacial score (nSPS) is 18.3. The van der Waals surface area contributed by atoms with E-state index in [4.69, 9.17) is 0 Å². The molecule has 10 heteroatoms. The maximum atomic E-state index is 13.6. The number of amides is 1. The summed E-state index contributed by atoms with van der Waals surface area (Å²) in [5.41, 5.74) is 0.381. The monoisotopic (exact) mass is 489 g/mol. The van der Waals surface area contributed by atoms with Crippen molar-refractivity contribution >= 4 is 27.5 Å². The van der Waals surface area contributed by atoms with Crippen molar-refractivity contribution in [2.45, 2.75) is 17.4 Å². The van der Waals surface area contributed by atoms with Crippen molar-refractivity contribution in [3.63, 3.8) is 0 Å². The molecule has 0 aliphatic carbocycles. The fourth-order valence-electron chi connectivity index (χ4n) is 3.83. The Morgan fingerprint density at radius 2 is 1.71 bits per heavy atom. The molecule has 0 spiro atoms. The first kappa shape index (κ1) is 25.5. The lowest BCUT2D eigenvalue weighted by Gasteiger charge is -2.26. The summed E-state index contributed by atoms with van der Waals surface area (Å²) in [6.45, 7) is 0.917. The largest absolute Gasteiger partial charge is 0.507 e. The Labute approximate surface area is 198 Å². The first-order valence-corrected chi connectivity index (χ1v) is 12.1. The number of aliphatic hydroxyl groups is 1. The number of hydrogen-bond acceptors (Lipinski definition) is 6. The molecule has 2 aromatic rings. The van der Waals surface area contributed by atoms with E-state index in [-0.39, 0.29) is 22.6 Å². The number of Topliss-reactive ketones (excluding diaryl/α,β-unsaturated/α-hetero) is 1. The molecule has 1 heterocycles. The number of benzene rings is 2. The van der Waals surface area contributed by atoms with E-state index in [2.05, 4.69) is 0 Å². The van der Waals surface area contributed by atoms with Crippen LogP contribution in [0, 0.1) is 5.82 Å². The van der Waals surface area contributed by atoms with Gasteiger partial charge in [0.1, 0.15) is 11.6 Å². The predicted octanol–water partition coefficient (Wildman–Crippen LogP) is 2.45. The molecule has 182 valence electrons. The Balaban J connectivity index is 2.14. The molecular formula is C24H28FN3O5S. The van der Waals surface area contributed by atoms with Crippen LogP contribution in [0.15, 0.2) is 59.0 Å². The van der Waals surface area contributed by atoms with Gasteiger partial charge in [0.05, 0.1) is 16.5 Å². The highest BCUT2D eigenvalue weighted by molar-refractivity contribution is 7.89. The topological polar surface area (TPSA) is 98.2 Å². The zero-order valence-corrected chi connectivity index (χ0v) is 20.3. The van der Waals surface area contributed by atoms with Gasteiger partial charge in [-0.1, -0.05) is 24.3 Å². The lowest BCUT2D eigenvalue weighted by Crippen LogP contribution is -2.32. The molecule has 1 saturated heterocycles. The molecule has 3 rings (SSSR count). The Bertz CT molecular complexity index is 1220. The summed E-state index contributed by atoms with van der Waals surface area (Å²) in [7, 11) is 2.76. The number of nitrogens with zero attached hydrogens (tertiary/aromatic N) is 3. The summed E-state index contributed by atoms with van der Waals surface area (Å²) in [4.78, 5) is 29.2. The minimum absolute atomic E-state index is 0.0694. The van der Waals surface area contributed by atoms with Gasteiger partial charge in [0.15, 0.2) is 0 Å². The fourth-order valence-corrected chi connectivity index (χ4v) is 4.78. The summed E-state index contributed by atoms with van der Waals surface area (Å²) in [6, 6.07) is 9.98. The number of likely N-dealkylation sites (tertiary alicyclic amines) is 1. The Kier molecular flexibility index (Phi) is 7.54. The summed E-state index contributed by atoms with van der Waals surface area (Å²) >= 11 is 0. The Morgan fingerprint density at radius 3 is 2.29 bits per heavy atom. The number of ketones is 1. The maximum absolute atomic E-state index is 13.6. The standard InChI is InChI=1S/C24H28FN3O5S/c1-26(2)13-6-14-28-21(16-9-11-18(25)12-10-16)20(23(30)24(28)31)22(29)17-7-5-8-19(15-17)34(32,33)27(3)4/h5,7-12,15,21,29H,6,13-14H2,1-4H3/b22-20+. The Hall–Kier alpha value is -3.08. The molecule has 1 aliphatic heterocycles. The van der Waals surface area contributed by atoms with Gasteiger partial charge in [-0.2, -0.15) is 0 Å². The van der Waals surface area contributed by atoms with Gasteiger partial charge in [-0.15, -0.1) is 0 Å². The van der Waals surface area contributed by atoms with E-state index in [0.29, 0.717) is 18.5 Å². The van der Waals surface area contributed by atoms with Crippen molar-refractivity contribution in [2.24, 2.45) is 0 Å². The third-order valence-electron chi connectivity index (χ3n) is 5.62. The number of aliphatic hydroxyl groups excluding tert-OH is 1. The van der Waals surface area contributed by atoms with Crippen LogP contribution >= 0.6 is 0 Å². The molecule has 1 N–H and O–H groups in total. The second-order valence-corrected chi connectivity index (χ2v) is 10.7. The number of carbonyl (C=O) groups excluding carboxylic acids is 2. The van der Waals surface area contributed by atoms with Crippen LogP contribution in [0.1, 0.15) is 23.6 Å². The molecule has 2 aromatic carbocycles. The molecule has 0 saturated carbocycles. The quantitative estimate of drug-likeness (QED) is 0.348. The molecule has 1 aliphatic rings. The van der Waals surface area contributed by atoms with Gasteiger partial charge in [-0.3, -0.25) is 9.59 Å². The zero-order chi connectivity index (χ0) is 25.2. The number of rotatable bonds is 8. The van der Waals surface area contributed by atoms with Crippen molar-refractivity contribution in [3.05, 3.63) is 71.0 Å². The van der Waals surface area contributed by atoms with E-state index in [0.717, 1.165) is 4.31 Å². The molecule has 0 radical (unpaired) electrons. The van der Waals surface area contributed by atoms with Gasteiger partial charge >= 0.3 is 0 Å². The predicted molar refractivity (Wildman–Crippen MR) is 126 cm³/mol. The van der Waals surface area contributed by atoms with E-state index in [1.54, 1.807) is 0 Å². The molecule has 1 atom stereocenters. The van der Waals surface area contributed by atoms with Crippen LogP contribution in [0.4, 0.5) is 4.39 Å². The third-order valence-corrected chi connectivity index (χ3v) is 7.43. The van der Waals surface area contributed by atoms with Crippen molar-refractivity contribution in [1.82, 2.24) is 14.1 Å². The van der Waals surface area contributed by atoms with Crippen molar-refractivity contribution < 1.29 is 27.5 Å². The SMILES string of the molecule is CN(C)CCCN1C(=O)C(=O)/C(=C(/O)c2cccc(S(=O)(=O)N(C)C)c2)C1c1ccc(F)cc1. The lowest BCUT2D eigenvalue weighted by molar-refractivity contribution is -0.139. The first-order chi connectivity index (χ1) is 15.9. The van der Waals surface area contributed by atoms with Crippen LogP contribution in [-0.4, -0.2) is 80.6 Å². The molecular weight excluding hydrogens is 461 g/mol. The number of hydrogen-bond donors (Lipinski definition) is 1. The van der Waals surface area contributed by atoms with Crippen LogP contribution in [-0.2, 0) is 19.6 Å². The highest BCUT2D eigenvalue weighted by Crippen LogP contribution is 2.39. The van der Waals surface area contributed by atoms with Gasteiger partial charge in [-0.25, -0.2) is 17.1 Å². The number of halogens is 1. The molecule has 1 unspecified atom stereocenters. The van der Waals surface area contributed by atoms with Gasteiger partial charge in [0, 0.05) is 26.2 Å². The van der Waals surface area contributed by atoms with Crippen LogP contribution in [0.3, 0.4) is 0 Å². The molecule has 34 heavy (non-hydrogen) atoms. The van der Waals surface area contributed by atoms with E-state index >= 15 is 0 Å². The van der Waals surface area contributed by atoms with Crippen molar-refractivity contribution in [1.29, 1.82) is 0 Å². The third kappa shape index (κ3) is 5.03. The lowest BCUT2D eigenvalue weighted by atomic mass is 9.95. The first-order valence-electron chi connectivity index (χ1n) is 10.7. The summed E-state index contributed by atoms with van der Waals surface area (Å²) in [5, 5.41) is 11.1. The molecule has 0 aromatic heterocycles. The maximum Gasteiger partial charge on any atom is 0.295 e. The highest BCUT2D eigenvalue weighted by atomic mass is 32.2. The summed E-state index contributed by atoms with van der Waals surface area (Å²) in [5.74, 6) is -2.61. The smallest absolute Gasteiger partial charge is 0.295 e. The van der Waals surface area contributed by atoms with E-state index in [1.807, 2.05) is 19.0 Å².